The molecule has 4 aliphatic carbocycles. The first kappa shape index (κ1) is 27.1. The zero-order valence-electron chi connectivity index (χ0n) is 21.8. The van der Waals surface area contributed by atoms with E-state index in [1.165, 1.54) is 19.1 Å². The first-order valence-corrected chi connectivity index (χ1v) is 13.1. The molecular formula is C28H38F2O6. The highest BCUT2D eigenvalue weighted by Gasteiger charge is 2.76. The highest BCUT2D eigenvalue weighted by molar-refractivity contribution is 6.01. The maximum Gasteiger partial charge on any atom is 0.306 e. The third kappa shape index (κ3) is 3.65. The van der Waals surface area contributed by atoms with Gasteiger partial charge in [0, 0.05) is 23.2 Å². The van der Waals surface area contributed by atoms with Crippen molar-refractivity contribution < 1.29 is 37.7 Å². The van der Waals surface area contributed by atoms with Crippen LogP contribution < -0.4 is 0 Å². The van der Waals surface area contributed by atoms with Gasteiger partial charge in [-0.3, -0.25) is 14.4 Å². The van der Waals surface area contributed by atoms with Crippen LogP contribution in [0.1, 0.15) is 73.1 Å². The molecule has 4 aliphatic rings. The van der Waals surface area contributed by atoms with Crippen molar-refractivity contribution in [2.75, 3.05) is 6.61 Å². The van der Waals surface area contributed by atoms with Gasteiger partial charge in [0.05, 0.1) is 12.2 Å². The molecule has 0 aromatic heterocycles. The Hall–Kier alpha value is -1.93. The molecule has 8 heteroatoms. The van der Waals surface area contributed by atoms with Crippen molar-refractivity contribution in [1.29, 1.82) is 0 Å². The summed E-state index contributed by atoms with van der Waals surface area (Å²) in [6.45, 7) is 8.44. The molecule has 0 saturated heterocycles. The minimum absolute atomic E-state index is 0.0523. The molecule has 0 radical (unpaired) electrons. The van der Waals surface area contributed by atoms with Crippen LogP contribution in [0.15, 0.2) is 23.8 Å². The van der Waals surface area contributed by atoms with Gasteiger partial charge in [0.2, 0.25) is 5.78 Å². The summed E-state index contributed by atoms with van der Waals surface area (Å²) in [6, 6.07) is 0. The predicted molar refractivity (Wildman–Crippen MR) is 128 cm³/mol. The molecule has 1 N–H and O–H groups in total. The maximum atomic E-state index is 17.3. The molecule has 0 amide bonds. The van der Waals surface area contributed by atoms with E-state index < -0.39 is 63.7 Å². The van der Waals surface area contributed by atoms with Gasteiger partial charge in [-0.05, 0) is 76.5 Å². The molecule has 4 rings (SSSR count). The molecule has 36 heavy (non-hydrogen) atoms. The zero-order chi connectivity index (χ0) is 26.7. The third-order valence-electron chi connectivity index (χ3n) is 9.49. The number of ketones is 2. The average molecular weight is 509 g/mol. The van der Waals surface area contributed by atoms with Crippen LogP contribution in [0.3, 0.4) is 0 Å². The Labute approximate surface area is 211 Å². The number of fused-ring (bicyclic) bond motifs is 5. The van der Waals surface area contributed by atoms with E-state index in [1.54, 1.807) is 20.8 Å². The second-order valence-electron chi connectivity index (χ2n) is 11.7. The lowest BCUT2D eigenvalue weighted by Crippen LogP contribution is -2.70. The van der Waals surface area contributed by atoms with Crippen LogP contribution in [-0.2, 0) is 23.9 Å². The number of rotatable bonds is 7. The van der Waals surface area contributed by atoms with Crippen LogP contribution in [0.4, 0.5) is 8.78 Å². The average Bonchev–Trinajstić information content (AvgIpc) is 3.08. The highest BCUT2D eigenvalue weighted by atomic mass is 19.1. The van der Waals surface area contributed by atoms with Crippen LogP contribution in [0.2, 0.25) is 0 Å². The van der Waals surface area contributed by atoms with Crippen LogP contribution in [0.5, 0.6) is 0 Å². The van der Waals surface area contributed by atoms with Crippen LogP contribution >= 0.6 is 0 Å². The maximum absolute atomic E-state index is 17.3. The Kier molecular flexibility index (Phi) is 6.87. The number of Topliss-reactive ketones (excluding diaryl/α,β-unsaturated/α-hetero) is 1. The van der Waals surface area contributed by atoms with Crippen molar-refractivity contribution >= 4 is 17.5 Å². The van der Waals surface area contributed by atoms with Gasteiger partial charge in [0.25, 0.3) is 0 Å². The van der Waals surface area contributed by atoms with Crippen molar-refractivity contribution in [3.63, 3.8) is 0 Å². The molecule has 0 aromatic rings. The smallest absolute Gasteiger partial charge is 0.306 e. The van der Waals surface area contributed by atoms with Gasteiger partial charge in [-0.15, -0.1) is 0 Å². The van der Waals surface area contributed by atoms with Gasteiger partial charge >= 0.3 is 5.97 Å². The number of halogens is 2. The molecule has 0 spiro atoms. The zero-order valence-corrected chi connectivity index (χ0v) is 21.8. The Morgan fingerprint density at radius 1 is 1.25 bits per heavy atom. The number of aliphatic hydroxyl groups is 1. The number of allylic oxidation sites excluding steroid dienone is 4. The van der Waals surface area contributed by atoms with E-state index >= 15 is 8.78 Å². The molecule has 3 saturated carbocycles. The molecule has 0 aromatic carbocycles. The summed E-state index contributed by atoms with van der Waals surface area (Å²) < 4.78 is 44.4. The van der Waals surface area contributed by atoms with E-state index in [1.807, 2.05) is 6.92 Å². The van der Waals surface area contributed by atoms with Gasteiger partial charge in [-0.25, -0.2) is 8.78 Å². The van der Waals surface area contributed by atoms with Crippen LogP contribution in [-0.4, -0.2) is 58.9 Å². The normalized spacial score (nSPS) is 43.5. The molecule has 8 atom stereocenters. The summed E-state index contributed by atoms with van der Waals surface area (Å²) in [5, 5.41) is 11.5. The SMILES string of the molecule is CCCC(=O)O[C@]1(C(=O)COC(C)C)CC[C@H]2[C@@H]3C[C@H](F)C4=CC(=O)C=C[C@]4(C)[C@@]3(F)[C@@H](O)C[C@@]21C. The number of hydrogen-bond donors (Lipinski definition) is 1. The summed E-state index contributed by atoms with van der Waals surface area (Å²) in [5.74, 6) is -2.80. The summed E-state index contributed by atoms with van der Waals surface area (Å²) in [5.41, 5.74) is -6.40. The van der Waals surface area contributed by atoms with E-state index in [9.17, 15) is 19.5 Å². The fourth-order valence-electron chi connectivity index (χ4n) is 7.68. The van der Waals surface area contributed by atoms with E-state index in [0.29, 0.717) is 12.8 Å². The summed E-state index contributed by atoms with van der Waals surface area (Å²) in [7, 11) is 0. The Morgan fingerprint density at radius 3 is 2.58 bits per heavy atom. The molecule has 0 bridgehead atoms. The van der Waals surface area contributed by atoms with Crippen molar-refractivity contribution in [3.8, 4) is 0 Å². The van der Waals surface area contributed by atoms with E-state index in [4.69, 9.17) is 9.47 Å². The molecule has 0 aliphatic heterocycles. The monoisotopic (exact) mass is 508 g/mol. The number of carbonyl (C=O) groups is 3. The summed E-state index contributed by atoms with van der Waals surface area (Å²) in [4.78, 5) is 38.5. The Bertz CT molecular complexity index is 1010. The largest absolute Gasteiger partial charge is 0.450 e. The molecule has 3 fully saturated rings. The number of ether oxygens (including phenoxy) is 2. The number of aliphatic hydroxyl groups excluding tert-OH is 1. The predicted octanol–water partition coefficient (Wildman–Crippen LogP) is 4.38. The molecule has 6 nitrogen and oxygen atoms in total. The number of alkyl halides is 2. The van der Waals surface area contributed by atoms with Crippen molar-refractivity contribution in [2.24, 2.45) is 22.7 Å². The van der Waals surface area contributed by atoms with Crippen LogP contribution in [0, 0.1) is 22.7 Å². The second kappa shape index (κ2) is 9.12. The molecule has 0 unspecified atom stereocenters. The third-order valence-corrected chi connectivity index (χ3v) is 9.49. The standard InChI is InChI=1S/C28H38F2O6/c1-6-7-24(34)36-27(23(33)15-35-16(2)3)11-9-18-19-13-21(29)20-12-17(31)8-10-25(20,4)28(19,30)22(32)14-26(18,27)5/h8,10,12,16,18-19,21-22,32H,6-7,9,11,13-15H2,1-5H3/t18-,19-,21-,22-,25-,26-,27-,28-/m0/s1. The Morgan fingerprint density at radius 2 is 1.94 bits per heavy atom. The van der Waals surface area contributed by atoms with Gasteiger partial charge in [0.1, 0.15) is 12.8 Å². The van der Waals surface area contributed by atoms with Gasteiger partial charge in [-0.2, -0.15) is 0 Å². The number of esters is 1. The highest BCUT2D eigenvalue weighted by Crippen LogP contribution is 2.70. The lowest BCUT2D eigenvalue weighted by Gasteiger charge is -2.63. The molecular weight excluding hydrogens is 470 g/mol. The Balaban J connectivity index is 1.79. The number of hydrogen-bond acceptors (Lipinski definition) is 6. The van der Waals surface area contributed by atoms with Gasteiger partial charge in [-0.1, -0.05) is 19.9 Å². The van der Waals surface area contributed by atoms with E-state index in [2.05, 4.69) is 0 Å². The van der Waals surface area contributed by atoms with E-state index in [0.717, 1.165) is 6.08 Å². The molecule has 200 valence electrons. The lowest BCUT2D eigenvalue weighted by atomic mass is 9.44. The first-order chi connectivity index (χ1) is 16.8. The second-order valence-corrected chi connectivity index (χ2v) is 11.7. The van der Waals surface area contributed by atoms with Crippen LogP contribution in [0.25, 0.3) is 0 Å². The van der Waals surface area contributed by atoms with Crippen molar-refractivity contribution in [2.45, 2.75) is 103 Å². The van der Waals surface area contributed by atoms with E-state index in [-0.39, 0.29) is 44.0 Å². The lowest BCUT2D eigenvalue weighted by molar-refractivity contribution is -0.229. The molecule has 0 heterocycles. The van der Waals surface area contributed by atoms with Crippen molar-refractivity contribution in [1.82, 2.24) is 0 Å². The fraction of sp³-hybridized carbons (Fsp3) is 0.750. The van der Waals surface area contributed by atoms with Gasteiger partial charge < -0.3 is 14.6 Å². The minimum Gasteiger partial charge on any atom is -0.450 e. The quantitative estimate of drug-likeness (QED) is 0.514. The minimum atomic E-state index is -2.25. The number of carbonyl (C=O) groups excluding carboxylic acids is 3. The summed E-state index contributed by atoms with van der Waals surface area (Å²) in [6.07, 6.45) is 1.23. The first-order valence-electron chi connectivity index (χ1n) is 13.1. The topological polar surface area (TPSA) is 89.9 Å². The fourth-order valence-corrected chi connectivity index (χ4v) is 7.68. The summed E-state index contributed by atoms with van der Waals surface area (Å²) >= 11 is 0. The van der Waals surface area contributed by atoms with Crippen molar-refractivity contribution in [3.05, 3.63) is 23.8 Å². The van der Waals surface area contributed by atoms with Gasteiger partial charge in [0.15, 0.2) is 17.1 Å².